The Balaban J connectivity index is 2.98. The SMILES string of the molecule is COc1ncc(CC(=O)O)c(OC)n1. The Morgan fingerprint density at radius 3 is 2.71 bits per heavy atom. The summed E-state index contributed by atoms with van der Waals surface area (Å²) in [6, 6.07) is 0.149. The second kappa shape index (κ2) is 4.40. The molecular formula is C8H10N2O4. The van der Waals surface area contributed by atoms with E-state index < -0.39 is 5.97 Å². The third kappa shape index (κ3) is 2.32. The van der Waals surface area contributed by atoms with Crippen molar-refractivity contribution in [1.82, 2.24) is 9.97 Å². The van der Waals surface area contributed by atoms with Gasteiger partial charge in [-0.05, 0) is 0 Å². The lowest BCUT2D eigenvalue weighted by molar-refractivity contribution is -0.136. The van der Waals surface area contributed by atoms with Gasteiger partial charge in [-0.15, -0.1) is 0 Å². The average molecular weight is 198 g/mol. The molecule has 0 unspecified atom stereocenters. The topological polar surface area (TPSA) is 81.5 Å². The molecule has 0 spiro atoms. The zero-order chi connectivity index (χ0) is 10.6. The van der Waals surface area contributed by atoms with E-state index in [1.807, 2.05) is 0 Å². The normalized spacial score (nSPS) is 9.57. The lowest BCUT2D eigenvalue weighted by Crippen LogP contribution is -2.05. The number of rotatable bonds is 4. The molecule has 6 nitrogen and oxygen atoms in total. The molecule has 0 atom stereocenters. The predicted octanol–water partition coefficient (Wildman–Crippen LogP) is 0.121. The maximum atomic E-state index is 10.4. The second-order valence-corrected chi connectivity index (χ2v) is 2.46. The van der Waals surface area contributed by atoms with Crippen LogP contribution in [0.3, 0.4) is 0 Å². The molecule has 76 valence electrons. The summed E-state index contributed by atoms with van der Waals surface area (Å²) in [4.78, 5) is 18.1. The van der Waals surface area contributed by atoms with Crippen LogP contribution in [0.25, 0.3) is 0 Å². The van der Waals surface area contributed by atoms with E-state index >= 15 is 0 Å². The minimum Gasteiger partial charge on any atom is -0.481 e. The molecule has 0 aliphatic carbocycles. The lowest BCUT2D eigenvalue weighted by atomic mass is 10.2. The van der Waals surface area contributed by atoms with Crippen molar-refractivity contribution in [3.63, 3.8) is 0 Å². The number of nitrogens with zero attached hydrogens (tertiary/aromatic N) is 2. The summed E-state index contributed by atoms with van der Waals surface area (Å²) in [5.41, 5.74) is 0.417. The molecule has 14 heavy (non-hydrogen) atoms. The molecular weight excluding hydrogens is 188 g/mol. The number of aliphatic carboxylic acids is 1. The van der Waals surface area contributed by atoms with Gasteiger partial charge in [-0.25, -0.2) is 4.98 Å². The van der Waals surface area contributed by atoms with Gasteiger partial charge >= 0.3 is 12.0 Å². The molecule has 0 fully saturated rings. The molecule has 0 radical (unpaired) electrons. The van der Waals surface area contributed by atoms with Crippen molar-refractivity contribution in [2.45, 2.75) is 6.42 Å². The van der Waals surface area contributed by atoms with Gasteiger partial charge < -0.3 is 14.6 Å². The second-order valence-electron chi connectivity index (χ2n) is 2.46. The predicted molar refractivity (Wildman–Crippen MR) is 46.5 cm³/mol. The summed E-state index contributed by atoms with van der Waals surface area (Å²) in [7, 11) is 2.83. The Morgan fingerprint density at radius 2 is 2.21 bits per heavy atom. The van der Waals surface area contributed by atoms with E-state index in [1.165, 1.54) is 20.4 Å². The van der Waals surface area contributed by atoms with E-state index in [-0.39, 0.29) is 18.3 Å². The van der Waals surface area contributed by atoms with E-state index in [9.17, 15) is 4.79 Å². The Kier molecular flexibility index (Phi) is 3.22. The maximum Gasteiger partial charge on any atom is 0.319 e. The number of methoxy groups -OCH3 is 2. The molecule has 0 bridgehead atoms. The molecule has 1 aromatic rings. The maximum absolute atomic E-state index is 10.4. The van der Waals surface area contributed by atoms with Crippen molar-refractivity contribution in [2.75, 3.05) is 14.2 Å². The Morgan fingerprint density at radius 1 is 1.50 bits per heavy atom. The van der Waals surface area contributed by atoms with Gasteiger partial charge in [0.1, 0.15) is 0 Å². The van der Waals surface area contributed by atoms with Gasteiger partial charge in [0, 0.05) is 11.8 Å². The van der Waals surface area contributed by atoms with Gasteiger partial charge in [0.15, 0.2) is 0 Å². The zero-order valence-electron chi connectivity index (χ0n) is 7.85. The number of aromatic nitrogens is 2. The van der Waals surface area contributed by atoms with Gasteiger partial charge in [0.25, 0.3) is 0 Å². The Bertz CT molecular complexity index is 340. The van der Waals surface area contributed by atoms with Crippen LogP contribution in [0.1, 0.15) is 5.56 Å². The van der Waals surface area contributed by atoms with Crippen LogP contribution in [0.5, 0.6) is 11.9 Å². The first-order valence-electron chi connectivity index (χ1n) is 3.83. The average Bonchev–Trinajstić information content (AvgIpc) is 2.17. The van der Waals surface area contributed by atoms with Crippen molar-refractivity contribution in [2.24, 2.45) is 0 Å². The fraction of sp³-hybridized carbons (Fsp3) is 0.375. The minimum atomic E-state index is -0.961. The quantitative estimate of drug-likeness (QED) is 0.740. The molecule has 0 aliphatic heterocycles. The van der Waals surface area contributed by atoms with Crippen molar-refractivity contribution < 1.29 is 19.4 Å². The number of ether oxygens (including phenoxy) is 2. The van der Waals surface area contributed by atoms with Crippen LogP contribution in [-0.4, -0.2) is 35.3 Å². The van der Waals surface area contributed by atoms with E-state index in [2.05, 4.69) is 9.97 Å². The Hall–Kier alpha value is -1.85. The van der Waals surface area contributed by atoms with Crippen molar-refractivity contribution >= 4 is 5.97 Å². The fourth-order valence-corrected chi connectivity index (χ4v) is 0.935. The molecule has 1 heterocycles. The first kappa shape index (κ1) is 10.2. The molecule has 1 N–H and O–H groups in total. The number of carboxylic acid groups (broad SMARTS) is 1. The molecule has 0 aliphatic rings. The number of carbonyl (C=O) groups is 1. The summed E-state index contributed by atoms with van der Waals surface area (Å²) in [6.07, 6.45) is 1.20. The van der Waals surface area contributed by atoms with Crippen LogP contribution in [0, 0.1) is 0 Å². The van der Waals surface area contributed by atoms with Crippen molar-refractivity contribution in [1.29, 1.82) is 0 Å². The summed E-state index contributed by atoms with van der Waals surface area (Å²) in [6.45, 7) is 0. The number of hydrogen-bond acceptors (Lipinski definition) is 5. The highest BCUT2D eigenvalue weighted by Gasteiger charge is 2.10. The van der Waals surface area contributed by atoms with Crippen LogP contribution < -0.4 is 9.47 Å². The molecule has 6 heteroatoms. The fourth-order valence-electron chi connectivity index (χ4n) is 0.935. The van der Waals surface area contributed by atoms with Gasteiger partial charge in [0.2, 0.25) is 5.88 Å². The van der Waals surface area contributed by atoms with Gasteiger partial charge in [-0.3, -0.25) is 4.79 Å². The highest BCUT2D eigenvalue weighted by Crippen LogP contribution is 2.17. The summed E-state index contributed by atoms with van der Waals surface area (Å²) in [5.74, 6) is -0.740. The minimum absolute atomic E-state index is 0.149. The van der Waals surface area contributed by atoms with Crippen LogP contribution >= 0.6 is 0 Å². The van der Waals surface area contributed by atoms with Gasteiger partial charge in [-0.2, -0.15) is 4.98 Å². The first-order valence-corrected chi connectivity index (χ1v) is 3.83. The summed E-state index contributed by atoms with van der Waals surface area (Å²) >= 11 is 0. The van der Waals surface area contributed by atoms with E-state index in [0.29, 0.717) is 5.56 Å². The van der Waals surface area contributed by atoms with Gasteiger partial charge in [0.05, 0.1) is 20.6 Å². The molecule has 0 saturated carbocycles. The third-order valence-corrected chi connectivity index (χ3v) is 1.52. The van der Waals surface area contributed by atoms with E-state index in [0.717, 1.165) is 0 Å². The van der Waals surface area contributed by atoms with Crippen molar-refractivity contribution in [3.05, 3.63) is 11.8 Å². The molecule has 1 aromatic heterocycles. The first-order chi connectivity index (χ1) is 6.67. The lowest BCUT2D eigenvalue weighted by Gasteiger charge is -2.05. The highest BCUT2D eigenvalue weighted by molar-refractivity contribution is 5.70. The summed E-state index contributed by atoms with van der Waals surface area (Å²) in [5, 5.41) is 8.57. The third-order valence-electron chi connectivity index (χ3n) is 1.52. The Labute approximate surface area is 80.5 Å². The van der Waals surface area contributed by atoms with Crippen LogP contribution in [0.4, 0.5) is 0 Å². The smallest absolute Gasteiger partial charge is 0.319 e. The monoisotopic (exact) mass is 198 g/mol. The molecule has 0 aromatic carbocycles. The van der Waals surface area contributed by atoms with Crippen LogP contribution in [-0.2, 0) is 11.2 Å². The largest absolute Gasteiger partial charge is 0.481 e. The van der Waals surface area contributed by atoms with E-state index in [4.69, 9.17) is 14.6 Å². The summed E-state index contributed by atoms with van der Waals surface area (Å²) < 4.78 is 9.66. The standard InChI is InChI=1S/C8H10N2O4/c1-13-7-5(3-6(11)12)4-9-8(10-7)14-2/h4H,3H2,1-2H3,(H,11,12). The number of carboxylic acids is 1. The van der Waals surface area contributed by atoms with Crippen LogP contribution in [0.15, 0.2) is 6.20 Å². The van der Waals surface area contributed by atoms with Crippen molar-refractivity contribution in [3.8, 4) is 11.9 Å². The molecule has 0 amide bonds. The highest BCUT2D eigenvalue weighted by atomic mass is 16.5. The van der Waals surface area contributed by atoms with E-state index in [1.54, 1.807) is 0 Å². The van der Waals surface area contributed by atoms with Gasteiger partial charge in [-0.1, -0.05) is 0 Å². The zero-order valence-corrected chi connectivity index (χ0v) is 7.85. The molecule has 0 saturated heterocycles. The molecule has 1 rings (SSSR count). The number of hydrogen-bond donors (Lipinski definition) is 1. The van der Waals surface area contributed by atoms with Crippen LogP contribution in [0.2, 0.25) is 0 Å².